The van der Waals surface area contributed by atoms with Crippen molar-refractivity contribution in [3.8, 4) is 5.75 Å². The Hall–Kier alpha value is -2.44. The van der Waals surface area contributed by atoms with Crippen LogP contribution in [0.3, 0.4) is 0 Å². The molecule has 1 N–H and O–H groups in total. The molecule has 1 aliphatic carbocycles. The molecular formula is C18H22FN3O3. The molecule has 7 heteroatoms. The SMILES string of the molecule is Cc1nc(C2(NC(=O)C(C)(C)Oc3ccc(F)cc3)CCCC2)no1. The Balaban J connectivity index is 1.77. The van der Waals surface area contributed by atoms with E-state index < -0.39 is 11.1 Å². The summed E-state index contributed by atoms with van der Waals surface area (Å²) in [6, 6.07) is 5.59. The molecule has 1 saturated carbocycles. The standard InChI is InChI=1S/C18H22FN3O3/c1-12-20-15(22-25-12)18(10-4-5-11-18)21-16(23)17(2,3)24-14-8-6-13(19)7-9-14/h6-9H,4-5,10-11H2,1-3H3,(H,21,23). The van der Waals surface area contributed by atoms with Gasteiger partial charge < -0.3 is 14.6 Å². The summed E-state index contributed by atoms with van der Waals surface area (Å²) < 4.78 is 23.9. The summed E-state index contributed by atoms with van der Waals surface area (Å²) in [5.41, 5.74) is -1.76. The van der Waals surface area contributed by atoms with E-state index in [-0.39, 0.29) is 11.7 Å². The molecule has 6 nitrogen and oxygen atoms in total. The molecule has 25 heavy (non-hydrogen) atoms. The number of ether oxygens (including phenoxy) is 1. The summed E-state index contributed by atoms with van der Waals surface area (Å²) in [4.78, 5) is 17.2. The maximum atomic E-state index is 13.0. The Bertz CT molecular complexity index is 749. The average Bonchev–Trinajstić information content (AvgIpc) is 3.19. The summed E-state index contributed by atoms with van der Waals surface area (Å²) >= 11 is 0. The molecule has 0 unspecified atom stereocenters. The van der Waals surface area contributed by atoms with Crippen molar-refractivity contribution in [1.82, 2.24) is 15.5 Å². The number of aryl methyl sites for hydroxylation is 1. The lowest BCUT2D eigenvalue weighted by molar-refractivity contribution is -0.136. The summed E-state index contributed by atoms with van der Waals surface area (Å²) in [6.07, 6.45) is 3.47. The van der Waals surface area contributed by atoms with Gasteiger partial charge in [-0.3, -0.25) is 4.79 Å². The van der Waals surface area contributed by atoms with Crippen molar-refractivity contribution in [3.63, 3.8) is 0 Å². The lowest BCUT2D eigenvalue weighted by Crippen LogP contribution is -2.54. The van der Waals surface area contributed by atoms with E-state index in [0.29, 0.717) is 17.5 Å². The largest absolute Gasteiger partial charge is 0.478 e. The second-order valence-electron chi connectivity index (χ2n) is 6.95. The lowest BCUT2D eigenvalue weighted by atomic mass is 9.94. The Kier molecular flexibility index (Phi) is 4.49. The van der Waals surface area contributed by atoms with E-state index in [4.69, 9.17) is 9.26 Å². The van der Waals surface area contributed by atoms with Crippen LogP contribution in [0.25, 0.3) is 0 Å². The van der Waals surface area contributed by atoms with Gasteiger partial charge in [-0.1, -0.05) is 18.0 Å². The predicted octanol–water partition coefficient (Wildman–Crippen LogP) is 3.26. The number of hydrogen-bond donors (Lipinski definition) is 1. The molecule has 3 rings (SSSR count). The number of halogens is 1. The fourth-order valence-corrected chi connectivity index (χ4v) is 3.09. The number of amides is 1. The number of hydrogen-bond acceptors (Lipinski definition) is 5. The first kappa shape index (κ1) is 17.4. The van der Waals surface area contributed by atoms with Crippen LogP contribution in [0.1, 0.15) is 51.2 Å². The van der Waals surface area contributed by atoms with Gasteiger partial charge >= 0.3 is 0 Å². The Morgan fingerprint density at radius 2 is 1.92 bits per heavy atom. The number of rotatable bonds is 5. The van der Waals surface area contributed by atoms with Gasteiger partial charge in [0, 0.05) is 6.92 Å². The summed E-state index contributed by atoms with van der Waals surface area (Å²) in [6.45, 7) is 5.08. The quantitative estimate of drug-likeness (QED) is 0.898. The Morgan fingerprint density at radius 1 is 1.28 bits per heavy atom. The number of nitrogens with one attached hydrogen (secondary N) is 1. The second-order valence-corrected chi connectivity index (χ2v) is 6.95. The summed E-state index contributed by atoms with van der Waals surface area (Å²) in [7, 11) is 0. The molecule has 134 valence electrons. The first-order chi connectivity index (χ1) is 11.8. The summed E-state index contributed by atoms with van der Waals surface area (Å²) in [5, 5.41) is 7.09. The van der Waals surface area contributed by atoms with Crippen LogP contribution < -0.4 is 10.1 Å². The number of aromatic nitrogens is 2. The van der Waals surface area contributed by atoms with Crippen LogP contribution >= 0.6 is 0 Å². The third-order valence-corrected chi connectivity index (χ3v) is 4.50. The topological polar surface area (TPSA) is 77.2 Å². The average molecular weight is 347 g/mol. The third kappa shape index (κ3) is 3.65. The molecule has 0 radical (unpaired) electrons. The van der Waals surface area contributed by atoms with Crippen molar-refractivity contribution in [2.24, 2.45) is 0 Å². The highest BCUT2D eigenvalue weighted by Crippen LogP contribution is 2.38. The van der Waals surface area contributed by atoms with Crippen LogP contribution in [0.15, 0.2) is 28.8 Å². The van der Waals surface area contributed by atoms with Crippen molar-refractivity contribution in [2.45, 2.75) is 57.6 Å². The molecular weight excluding hydrogens is 325 g/mol. The molecule has 0 bridgehead atoms. The molecule has 1 aromatic carbocycles. The highest BCUT2D eigenvalue weighted by molar-refractivity contribution is 5.85. The van der Waals surface area contributed by atoms with Gasteiger partial charge in [-0.25, -0.2) is 4.39 Å². The van der Waals surface area contributed by atoms with Crippen LogP contribution in [-0.2, 0) is 10.3 Å². The predicted molar refractivity (Wildman–Crippen MR) is 88.4 cm³/mol. The van der Waals surface area contributed by atoms with Crippen LogP contribution in [0.4, 0.5) is 4.39 Å². The summed E-state index contributed by atoms with van der Waals surface area (Å²) in [5.74, 6) is 0.774. The highest BCUT2D eigenvalue weighted by Gasteiger charge is 2.44. The van der Waals surface area contributed by atoms with Crippen molar-refractivity contribution >= 4 is 5.91 Å². The third-order valence-electron chi connectivity index (χ3n) is 4.50. The van der Waals surface area contributed by atoms with Gasteiger partial charge in [-0.05, 0) is 51.0 Å². The zero-order valence-corrected chi connectivity index (χ0v) is 14.6. The zero-order chi connectivity index (χ0) is 18.1. The number of benzene rings is 1. The minimum absolute atomic E-state index is 0.277. The number of carbonyl (C=O) groups excluding carboxylic acids is 1. The van der Waals surface area contributed by atoms with Crippen molar-refractivity contribution in [3.05, 3.63) is 41.8 Å². The van der Waals surface area contributed by atoms with E-state index in [1.54, 1.807) is 20.8 Å². The second kappa shape index (κ2) is 6.46. The molecule has 0 atom stereocenters. The molecule has 0 spiro atoms. The number of carbonyl (C=O) groups is 1. The van der Waals surface area contributed by atoms with E-state index in [1.807, 2.05) is 0 Å². The van der Waals surface area contributed by atoms with Crippen LogP contribution in [0.5, 0.6) is 5.75 Å². The molecule has 1 aromatic heterocycles. The van der Waals surface area contributed by atoms with E-state index in [1.165, 1.54) is 24.3 Å². The van der Waals surface area contributed by atoms with Crippen molar-refractivity contribution < 1.29 is 18.4 Å². The maximum Gasteiger partial charge on any atom is 0.264 e. The van der Waals surface area contributed by atoms with Gasteiger partial charge in [-0.2, -0.15) is 4.98 Å². The fraction of sp³-hybridized carbons (Fsp3) is 0.500. The normalized spacial score (nSPS) is 16.6. The van der Waals surface area contributed by atoms with Crippen molar-refractivity contribution in [2.75, 3.05) is 0 Å². The van der Waals surface area contributed by atoms with Crippen LogP contribution in [0, 0.1) is 12.7 Å². The molecule has 1 amide bonds. The molecule has 0 aliphatic heterocycles. The van der Waals surface area contributed by atoms with Gasteiger partial charge in [0.2, 0.25) is 5.89 Å². The monoisotopic (exact) mass is 347 g/mol. The number of nitrogens with zero attached hydrogens (tertiary/aromatic N) is 2. The molecule has 1 heterocycles. The smallest absolute Gasteiger partial charge is 0.264 e. The van der Waals surface area contributed by atoms with Gasteiger partial charge in [-0.15, -0.1) is 0 Å². The van der Waals surface area contributed by atoms with Gasteiger partial charge in [0.1, 0.15) is 17.1 Å². The molecule has 1 aliphatic rings. The minimum Gasteiger partial charge on any atom is -0.478 e. The Labute approximate surface area is 145 Å². The first-order valence-corrected chi connectivity index (χ1v) is 8.39. The highest BCUT2D eigenvalue weighted by atomic mass is 19.1. The van der Waals surface area contributed by atoms with E-state index in [0.717, 1.165) is 25.7 Å². The lowest BCUT2D eigenvalue weighted by Gasteiger charge is -2.32. The van der Waals surface area contributed by atoms with Gasteiger partial charge in [0.25, 0.3) is 5.91 Å². The van der Waals surface area contributed by atoms with Crippen LogP contribution in [0.2, 0.25) is 0 Å². The molecule has 0 saturated heterocycles. The Morgan fingerprint density at radius 3 is 2.48 bits per heavy atom. The minimum atomic E-state index is -1.13. The van der Waals surface area contributed by atoms with Gasteiger partial charge in [0.05, 0.1) is 0 Å². The zero-order valence-electron chi connectivity index (χ0n) is 14.6. The molecule has 1 fully saturated rings. The fourth-order valence-electron chi connectivity index (χ4n) is 3.09. The van der Waals surface area contributed by atoms with Crippen molar-refractivity contribution in [1.29, 1.82) is 0 Å². The van der Waals surface area contributed by atoms with E-state index in [2.05, 4.69) is 15.5 Å². The maximum absolute atomic E-state index is 13.0. The van der Waals surface area contributed by atoms with E-state index in [9.17, 15) is 9.18 Å². The van der Waals surface area contributed by atoms with Crippen LogP contribution in [-0.4, -0.2) is 21.6 Å². The van der Waals surface area contributed by atoms with E-state index >= 15 is 0 Å². The van der Waals surface area contributed by atoms with Gasteiger partial charge in [0.15, 0.2) is 11.4 Å². The molecule has 2 aromatic rings. The first-order valence-electron chi connectivity index (χ1n) is 8.39.